The zero-order chi connectivity index (χ0) is 62.0. The van der Waals surface area contributed by atoms with Crippen LogP contribution in [0.2, 0.25) is 0 Å². The molecule has 38 heteroatoms. The molecule has 6 atom stereocenters. The molecule has 0 bridgehead atoms. The maximum absolute atomic E-state index is 12.7. The zero-order valence-electron chi connectivity index (χ0n) is 44.3. The first-order chi connectivity index (χ1) is 41.2. The number of benzene rings is 4. The van der Waals surface area contributed by atoms with Gasteiger partial charge in [-0.25, -0.2) is 29.9 Å². The number of halogens is 1. The number of hydrogen-bond acceptors (Lipinski definition) is 23. The Morgan fingerprint density at radius 1 is 0.651 bits per heavy atom. The molecule has 0 radical (unpaired) electrons. The smallest absolute Gasteiger partial charge is 0.371 e. The molecule has 4 aromatic heterocycles. The highest BCUT2D eigenvalue weighted by Crippen LogP contribution is 2.35. The number of ether oxygens (including phenoxy) is 2. The second-order valence-electron chi connectivity index (χ2n) is 17.5. The normalized spacial score (nSPS) is 17.8. The van der Waals surface area contributed by atoms with Crippen LogP contribution < -0.4 is 29.5 Å². The van der Waals surface area contributed by atoms with Gasteiger partial charge in [-0.05, 0) is 61.4 Å². The molecular formula is C48H47ClN14O14S9. The predicted octanol–water partition coefficient (Wildman–Crippen LogP) is 6.51. The molecule has 6 heterocycles. The van der Waals surface area contributed by atoms with Crippen LogP contribution in [0.1, 0.15) is 72.7 Å². The summed E-state index contributed by atoms with van der Waals surface area (Å²) in [5.74, 6) is -0.144. The highest BCUT2D eigenvalue weighted by Gasteiger charge is 2.39. The van der Waals surface area contributed by atoms with Crippen molar-refractivity contribution in [2.45, 2.75) is 76.3 Å². The highest BCUT2D eigenvalue weighted by molar-refractivity contribution is 8.68. The van der Waals surface area contributed by atoms with Gasteiger partial charge in [-0.1, -0.05) is 50.2 Å². The van der Waals surface area contributed by atoms with Gasteiger partial charge in [0.2, 0.25) is 0 Å². The standard InChI is InChI=1S/C24H23N7O7S.C18H20N6O2.C6H4ClNO5S.S7/c1-2-19-18(29-39(35,36)38-17-10-8-16(9-11-17)31(33)34)12-20(37-19)30-14-27-21-22(25-13-26-23(21)30)28-24(32)15-6-4-3-5-7-15;1-2-13-12(19)8-14(26-13)24-10-22-15-16(20-9-21-17(15)24)23-18(25)11-6-4-3-5-7-11;7-14(11,12)13-6-3-1-5(2-4-6)8(9)10;1-3-5-7-6-4-2/h3-11,13-14,18-20,29H,2,12H2,1H3,(H,25,26,28,32);3-7,9-10,12-14H,2,8,19H2,1H3,(H,20,21,23,25);1-4H;/t18-,19+,20+;12-,13+,14+;;/m00../s1. The average Bonchev–Trinajstić information content (AvgIpc) is 2.65. The van der Waals surface area contributed by atoms with Crippen molar-refractivity contribution in [3.05, 3.63) is 166 Å². The van der Waals surface area contributed by atoms with Gasteiger partial charge in [0.05, 0.1) is 51.4 Å². The largest absolute Gasteiger partial charge is 0.401 e. The van der Waals surface area contributed by atoms with E-state index in [2.05, 4.69) is 78.7 Å². The maximum Gasteiger partial charge on any atom is 0.401 e. The van der Waals surface area contributed by atoms with Crippen molar-refractivity contribution in [1.82, 2.24) is 43.8 Å². The molecule has 0 spiro atoms. The third kappa shape index (κ3) is 18.7. The molecule has 2 amide bonds. The number of nitrogens with two attached hydrogens (primary N) is 1. The Morgan fingerprint density at radius 3 is 1.49 bits per heavy atom. The number of nitro groups is 2. The summed E-state index contributed by atoms with van der Waals surface area (Å²) in [6.45, 7) is 3.91. The first kappa shape index (κ1) is 66.4. The van der Waals surface area contributed by atoms with Gasteiger partial charge in [0, 0.05) is 121 Å². The number of fused-ring (bicyclic) bond motifs is 2. The maximum atomic E-state index is 12.7. The van der Waals surface area contributed by atoms with E-state index in [1.807, 2.05) is 35.8 Å². The lowest BCUT2D eigenvalue weighted by Gasteiger charge is -2.17. The van der Waals surface area contributed by atoms with E-state index in [9.17, 15) is 46.7 Å². The monoisotopic (exact) mass is 1370 g/mol. The number of hydrogen-bond donors (Lipinski definition) is 4. The topological polar surface area (TPSA) is 375 Å². The van der Waals surface area contributed by atoms with E-state index in [4.69, 9.17) is 30.1 Å². The molecule has 2 aliphatic rings. The van der Waals surface area contributed by atoms with Crippen LogP contribution in [0.15, 0.2) is 135 Å². The Morgan fingerprint density at radius 2 is 1.08 bits per heavy atom. The minimum absolute atomic E-state index is 0.0125. The molecule has 2 saturated heterocycles. The van der Waals surface area contributed by atoms with E-state index in [1.54, 1.807) is 73.9 Å². The second-order valence-corrected chi connectivity index (χ2v) is 29.8. The number of carbonyl (C=O) groups excluding carboxylic acids is 2. The van der Waals surface area contributed by atoms with Crippen molar-refractivity contribution in [2.75, 3.05) is 10.6 Å². The molecule has 2 aliphatic heterocycles. The quantitative estimate of drug-likeness (QED) is 0.0455. The Labute approximate surface area is 518 Å². The van der Waals surface area contributed by atoms with E-state index in [-0.39, 0.29) is 65.3 Å². The van der Waals surface area contributed by atoms with Crippen molar-refractivity contribution in [3.8, 4) is 11.5 Å². The van der Waals surface area contributed by atoms with Crippen LogP contribution >= 0.6 is 10.7 Å². The Kier molecular flexibility index (Phi) is 24.3. The molecule has 0 saturated carbocycles. The van der Waals surface area contributed by atoms with E-state index >= 15 is 0 Å². The van der Waals surface area contributed by atoms with Crippen molar-refractivity contribution >= 4 is 154 Å². The Hall–Kier alpha value is -7.11. The van der Waals surface area contributed by atoms with Crippen LogP contribution in [0.4, 0.5) is 23.0 Å². The highest BCUT2D eigenvalue weighted by atomic mass is 35.7. The number of carbonyl (C=O) groups is 2. The Bertz CT molecular complexity index is 4150. The summed E-state index contributed by atoms with van der Waals surface area (Å²) >= 11 is 9.14. The number of nitrogens with one attached hydrogen (secondary N) is 3. The van der Waals surface area contributed by atoms with Gasteiger partial charge in [0.15, 0.2) is 34.0 Å². The molecule has 10 rings (SSSR count). The van der Waals surface area contributed by atoms with Gasteiger partial charge in [0.1, 0.15) is 36.6 Å². The number of non-ortho nitro benzene ring substituents is 2. The summed E-state index contributed by atoms with van der Waals surface area (Å²) in [5.41, 5.74) is 8.68. The number of rotatable bonds is 16. The molecule has 0 aliphatic carbocycles. The first-order valence-electron chi connectivity index (χ1n) is 24.8. The lowest BCUT2D eigenvalue weighted by atomic mass is 10.1. The van der Waals surface area contributed by atoms with Gasteiger partial charge in [0.25, 0.3) is 23.2 Å². The molecule has 28 nitrogen and oxygen atoms in total. The van der Waals surface area contributed by atoms with Crippen molar-refractivity contribution in [2.24, 2.45) is 5.73 Å². The van der Waals surface area contributed by atoms with Crippen LogP contribution in [0.5, 0.6) is 11.5 Å². The van der Waals surface area contributed by atoms with Crippen LogP contribution in [0.25, 0.3) is 22.3 Å². The van der Waals surface area contributed by atoms with Crippen molar-refractivity contribution in [1.29, 1.82) is 0 Å². The number of amides is 2. The summed E-state index contributed by atoms with van der Waals surface area (Å²) in [6.07, 6.45) is 6.87. The van der Waals surface area contributed by atoms with E-state index in [0.29, 0.717) is 52.1 Å². The van der Waals surface area contributed by atoms with Crippen LogP contribution in [0.3, 0.4) is 0 Å². The van der Waals surface area contributed by atoms with Gasteiger partial charge >= 0.3 is 19.6 Å². The summed E-state index contributed by atoms with van der Waals surface area (Å²) in [6, 6.07) is 26.2. The van der Waals surface area contributed by atoms with Crippen molar-refractivity contribution < 1.29 is 54.1 Å². The number of nitrogens with zero attached hydrogens (tertiary/aromatic N) is 10. The first-order valence-corrected chi connectivity index (χ1v) is 36.4. The zero-order valence-corrected chi connectivity index (χ0v) is 52.4. The van der Waals surface area contributed by atoms with E-state index in [1.165, 1.54) is 48.9 Å². The number of imidazole rings is 2. The fourth-order valence-corrected chi connectivity index (χ4v) is 18.1. The molecule has 2 fully saturated rings. The number of nitro benzene ring substituents is 2. The second kappa shape index (κ2) is 31.5. The molecule has 86 heavy (non-hydrogen) atoms. The molecular weight excluding hydrogens is 1320 g/mol. The van der Waals surface area contributed by atoms with Crippen molar-refractivity contribution in [3.63, 3.8) is 0 Å². The lowest BCUT2D eigenvalue weighted by Crippen LogP contribution is -2.42. The summed E-state index contributed by atoms with van der Waals surface area (Å²) in [7, 11) is 3.77. The molecule has 8 aromatic rings. The summed E-state index contributed by atoms with van der Waals surface area (Å²) in [5, 5.41) is 26.6. The van der Waals surface area contributed by atoms with Gasteiger partial charge in [-0.3, -0.25) is 39.0 Å². The van der Waals surface area contributed by atoms with E-state index in [0.717, 1.165) is 42.8 Å². The lowest BCUT2D eigenvalue weighted by molar-refractivity contribution is -0.385. The van der Waals surface area contributed by atoms with Gasteiger partial charge < -0.3 is 34.2 Å². The molecule has 4 aromatic carbocycles. The van der Waals surface area contributed by atoms with Crippen LogP contribution in [0, 0.1) is 20.2 Å². The van der Waals surface area contributed by atoms with E-state index < -0.39 is 47.9 Å². The molecule has 5 N–H and O–H groups in total. The SMILES string of the molecule is CC[C@H]1O[C@@H](n2cnc3c(NC(=O)c4ccccc4)ncnc32)C[C@@H]1N.CC[C@H]1O[C@@H](n2cnc3c(NC(=O)c4ccccc4)ncnc32)C[C@@H]1NS(=O)(=O)Oc1ccc([N+](=O)[O-])cc1.O=[N+]([O-])c1ccc(OS(=O)(=O)Cl)cc1.S=S=S=S=S=S=S. The minimum Gasteiger partial charge on any atom is -0.371 e. The van der Waals surface area contributed by atoms with Gasteiger partial charge in [-0.2, -0.15) is 21.6 Å². The fraction of sp³-hybridized carbons (Fsp3) is 0.250. The van der Waals surface area contributed by atoms with Crippen LogP contribution in [-0.4, -0.2) is 102 Å². The third-order valence-corrected chi connectivity index (χ3v) is 22.6. The summed E-state index contributed by atoms with van der Waals surface area (Å²) in [4.78, 5) is 70.6. The predicted molar refractivity (Wildman–Crippen MR) is 335 cm³/mol. The van der Waals surface area contributed by atoms with Gasteiger partial charge in [-0.15, -0.1) is 0 Å². The third-order valence-electron chi connectivity index (χ3n) is 12.1. The minimum atomic E-state index is -4.27. The number of anilines is 2. The fourth-order valence-electron chi connectivity index (χ4n) is 8.30. The van der Waals surface area contributed by atoms with Crippen LogP contribution in [-0.2, 0) is 95.9 Å². The Balaban J connectivity index is 0.000000192. The molecule has 454 valence electrons. The summed E-state index contributed by atoms with van der Waals surface area (Å²) < 4.78 is 73.7. The average molecular weight is 1370 g/mol. The molecule has 0 unspecified atom stereocenters. The number of aromatic nitrogens is 8.